The fraction of sp³-hybridized carbons (Fsp3) is 0.300. The van der Waals surface area contributed by atoms with E-state index in [-0.39, 0.29) is 4.87 Å². The molecule has 0 saturated heterocycles. The number of allylic oxidation sites excluding steroid dienone is 2. The molecule has 5 nitrogen and oxygen atoms in total. The molecule has 2 rings (SSSR count). The molecule has 2 aromatic rings. The third kappa shape index (κ3) is 1.83. The van der Waals surface area contributed by atoms with Gasteiger partial charge in [-0.25, -0.2) is 9.97 Å². The van der Waals surface area contributed by atoms with Crippen molar-refractivity contribution in [3.63, 3.8) is 0 Å². The lowest BCUT2D eigenvalue weighted by Crippen LogP contribution is -2.12. The van der Waals surface area contributed by atoms with Gasteiger partial charge in [-0.3, -0.25) is 9.36 Å². The first-order chi connectivity index (χ1) is 7.74. The summed E-state index contributed by atoms with van der Waals surface area (Å²) < 4.78 is 2.27. The molecule has 0 radical (unpaired) electrons. The Morgan fingerprint density at radius 2 is 2.31 bits per heavy atom. The van der Waals surface area contributed by atoms with E-state index in [2.05, 4.69) is 9.97 Å². The van der Waals surface area contributed by atoms with E-state index in [1.165, 1.54) is 6.33 Å². The number of aromatic nitrogens is 3. The number of nitrogen functional groups attached to an aromatic ring is 1. The maximum absolute atomic E-state index is 11.7. The van der Waals surface area contributed by atoms with Crippen LogP contribution >= 0.6 is 11.3 Å². The Kier molecular flexibility index (Phi) is 3.00. The van der Waals surface area contributed by atoms with Crippen molar-refractivity contribution >= 4 is 27.5 Å². The maximum atomic E-state index is 11.7. The molecule has 0 bridgehead atoms. The summed E-state index contributed by atoms with van der Waals surface area (Å²) in [5.74, 6) is 0.366. The van der Waals surface area contributed by atoms with Crippen molar-refractivity contribution in [1.82, 2.24) is 14.5 Å². The van der Waals surface area contributed by atoms with Crippen LogP contribution in [0.15, 0.2) is 23.3 Å². The van der Waals surface area contributed by atoms with Crippen LogP contribution in [0.5, 0.6) is 0 Å². The fourth-order valence-electron chi connectivity index (χ4n) is 1.40. The summed E-state index contributed by atoms with van der Waals surface area (Å²) in [7, 11) is 0. The highest BCUT2D eigenvalue weighted by molar-refractivity contribution is 7.17. The molecule has 0 spiro atoms. The monoisotopic (exact) mass is 236 g/mol. The SMILES string of the molecule is CC/C=C\Cn1c(=O)sc2c(N)ncnc21. The van der Waals surface area contributed by atoms with Gasteiger partial charge in [0.15, 0.2) is 5.65 Å². The Hall–Kier alpha value is -1.69. The summed E-state index contributed by atoms with van der Waals surface area (Å²) in [6, 6.07) is 0. The second-order valence-corrected chi connectivity index (χ2v) is 4.23. The zero-order chi connectivity index (χ0) is 11.5. The molecular formula is C10H12N4OS. The highest BCUT2D eigenvalue weighted by Crippen LogP contribution is 2.19. The Morgan fingerprint density at radius 3 is 3.06 bits per heavy atom. The molecule has 16 heavy (non-hydrogen) atoms. The summed E-state index contributed by atoms with van der Waals surface area (Å²) in [4.78, 5) is 19.6. The molecule has 2 aromatic heterocycles. The highest BCUT2D eigenvalue weighted by atomic mass is 32.1. The Labute approximate surface area is 96.3 Å². The Morgan fingerprint density at radius 1 is 1.50 bits per heavy atom. The first-order valence-corrected chi connectivity index (χ1v) is 5.80. The molecule has 0 atom stereocenters. The van der Waals surface area contributed by atoms with Crippen molar-refractivity contribution < 1.29 is 0 Å². The standard InChI is InChI=1S/C10H12N4OS/c1-2-3-4-5-14-9-7(16-10(14)15)8(11)12-6-13-9/h3-4,6H,2,5H2,1H3,(H2,11,12,13)/b4-3-. The van der Waals surface area contributed by atoms with Crippen molar-refractivity contribution in [2.24, 2.45) is 0 Å². The zero-order valence-electron chi connectivity index (χ0n) is 8.88. The summed E-state index contributed by atoms with van der Waals surface area (Å²) in [5, 5.41) is 0. The van der Waals surface area contributed by atoms with Crippen molar-refractivity contribution in [3.05, 3.63) is 28.1 Å². The van der Waals surface area contributed by atoms with E-state index >= 15 is 0 Å². The molecule has 84 valence electrons. The molecule has 0 aromatic carbocycles. The largest absolute Gasteiger partial charge is 0.382 e. The smallest absolute Gasteiger partial charge is 0.309 e. The van der Waals surface area contributed by atoms with Gasteiger partial charge in [0, 0.05) is 6.54 Å². The van der Waals surface area contributed by atoms with Gasteiger partial charge in [0.05, 0.1) is 0 Å². The van der Waals surface area contributed by atoms with Gasteiger partial charge in [-0.2, -0.15) is 0 Å². The lowest BCUT2D eigenvalue weighted by molar-refractivity contribution is 0.822. The summed E-state index contributed by atoms with van der Waals surface area (Å²) >= 11 is 1.09. The topological polar surface area (TPSA) is 73.8 Å². The van der Waals surface area contributed by atoms with Crippen LogP contribution in [0.2, 0.25) is 0 Å². The molecule has 0 aliphatic rings. The van der Waals surface area contributed by atoms with E-state index in [9.17, 15) is 4.79 Å². The van der Waals surface area contributed by atoms with E-state index in [1.807, 2.05) is 19.1 Å². The average molecular weight is 236 g/mol. The fourth-order valence-corrected chi connectivity index (χ4v) is 2.26. The van der Waals surface area contributed by atoms with E-state index < -0.39 is 0 Å². The van der Waals surface area contributed by atoms with Gasteiger partial charge in [-0.1, -0.05) is 30.4 Å². The molecule has 0 saturated carbocycles. The van der Waals surface area contributed by atoms with E-state index in [4.69, 9.17) is 5.73 Å². The van der Waals surface area contributed by atoms with Gasteiger partial charge < -0.3 is 5.73 Å². The summed E-state index contributed by atoms with van der Waals surface area (Å²) in [6.45, 7) is 2.58. The first-order valence-electron chi connectivity index (χ1n) is 4.99. The zero-order valence-corrected chi connectivity index (χ0v) is 9.70. The minimum absolute atomic E-state index is 0.0528. The quantitative estimate of drug-likeness (QED) is 0.817. The van der Waals surface area contributed by atoms with Crippen molar-refractivity contribution in [3.8, 4) is 0 Å². The predicted octanol–water partition coefficient (Wildman–Crippen LogP) is 1.40. The lowest BCUT2D eigenvalue weighted by atomic mass is 10.4. The molecule has 2 heterocycles. The number of rotatable bonds is 3. The second-order valence-electron chi connectivity index (χ2n) is 3.27. The van der Waals surface area contributed by atoms with Gasteiger partial charge in [-0.15, -0.1) is 0 Å². The van der Waals surface area contributed by atoms with Crippen LogP contribution in [-0.4, -0.2) is 14.5 Å². The molecule has 0 aliphatic carbocycles. The van der Waals surface area contributed by atoms with Gasteiger partial charge >= 0.3 is 4.87 Å². The highest BCUT2D eigenvalue weighted by Gasteiger charge is 2.10. The summed E-state index contributed by atoms with van der Waals surface area (Å²) in [6.07, 6.45) is 6.30. The van der Waals surface area contributed by atoms with Crippen molar-refractivity contribution in [2.45, 2.75) is 19.9 Å². The van der Waals surface area contributed by atoms with Gasteiger partial charge in [0.1, 0.15) is 16.8 Å². The molecule has 0 fully saturated rings. The van der Waals surface area contributed by atoms with Crippen molar-refractivity contribution in [2.75, 3.05) is 5.73 Å². The van der Waals surface area contributed by atoms with Crippen LogP contribution in [0.1, 0.15) is 13.3 Å². The van der Waals surface area contributed by atoms with Gasteiger partial charge in [0.2, 0.25) is 0 Å². The van der Waals surface area contributed by atoms with Gasteiger partial charge in [0.25, 0.3) is 0 Å². The number of nitrogens with two attached hydrogens (primary N) is 1. The number of nitrogens with zero attached hydrogens (tertiary/aromatic N) is 3. The third-order valence-corrected chi connectivity index (χ3v) is 3.16. The molecule has 0 unspecified atom stereocenters. The third-order valence-electron chi connectivity index (χ3n) is 2.17. The summed E-state index contributed by atoms with van der Waals surface area (Å²) in [5.41, 5.74) is 6.30. The van der Waals surface area contributed by atoms with Crippen LogP contribution < -0.4 is 10.6 Å². The number of hydrogen-bond acceptors (Lipinski definition) is 5. The molecule has 2 N–H and O–H groups in total. The Bertz CT molecular complexity index is 584. The second kappa shape index (κ2) is 4.44. The first kappa shape index (κ1) is 10.8. The molecule has 0 aliphatic heterocycles. The van der Waals surface area contributed by atoms with Crippen molar-refractivity contribution in [1.29, 1.82) is 0 Å². The Balaban J connectivity index is 2.52. The van der Waals surface area contributed by atoms with Crippen LogP contribution in [0, 0.1) is 0 Å². The number of thiazole rings is 1. The van der Waals surface area contributed by atoms with E-state index in [0.29, 0.717) is 22.7 Å². The maximum Gasteiger partial charge on any atom is 0.309 e. The lowest BCUT2D eigenvalue weighted by Gasteiger charge is -1.98. The number of hydrogen-bond donors (Lipinski definition) is 1. The van der Waals surface area contributed by atoms with Crippen LogP contribution in [0.25, 0.3) is 10.3 Å². The van der Waals surface area contributed by atoms with Crippen LogP contribution in [0.3, 0.4) is 0 Å². The minimum atomic E-state index is -0.0528. The number of anilines is 1. The predicted molar refractivity (Wildman–Crippen MR) is 65.5 cm³/mol. The number of fused-ring (bicyclic) bond motifs is 1. The van der Waals surface area contributed by atoms with E-state index in [0.717, 1.165) is 17.8 Å². The van der Waals surface area contributed by atoms with Crippen LogP contribution in [0.4, 0.5) is 5.82 Å². The molecular weight excluding hydrogens is 224 g/mol. The average Bonchev–Trinajstić information content (AvgIpc) is 2.58. The normalized spacial score (nSPS) is 11.6. The van der Waals surface area contributed by atoms with E-state index in [1.54, 1.807) is 4.57 Å². The van der Waals surface area contributed by atoms with Gasteiger partial charge in [-0.05, 0) is 6.42 Å². The van der Waals surface area contributed by atoms with Crippen LogP contribution in [-0.2, 0) is 6.54 Å². The molecule has 0 amide bonds. The molecule has 6 heteroatoms. The minimum Gasteiger partial charge on any atom is -0.382 e.